The normalized spacial score (nSPS) is 10.2. The van der Waals surface area contributed by atoms with Crippen LogP contribution in [0.25, 0.3) is 0 Å². The predicted octanol–water partition coefficient (Wildman–Crippen LogP) is 3.65. The molecule has 0 aliphatic rings. The molecular formula is C12H11BrN2OS. The van der Waals surface area contributed by atoms with Crippen molar-refractivity contribution in [1.82, 2.24) is 0 Å². The number of carbonyl (C=O) groups excluding carboxylic acids is 1. The molecule has 1 aromatic carbocycles. The van der Waals surface area contributed by atoms with Crippen LogP contribution in [0.5, 0.6) is 0 Å². The van der Waals surface area contributed by atoms with E-state index < -0.39 is 0 Å². The molecular weight excluding hydrogens is 300 g/mol. The molecule has 17 heavy (non-hydrogen) atoms. The highest BCUT2D eigenvalue weighted by Gasteiger charge is 2.13. The molecule has 0 fully saturated rings. The average molecular weight is 311 g/mol. The third-order valence-electron chi connectivity index (χ3n) is 2.34. The summed E-state index contributed by atoms with van der Waals surface area (Å²) in [5.74, 6) is -0.177. The summed E-state index contributed by atoms with van der Waals surface area (Å²) in [6, 6.07) is 7.44. The second kappa shape index (κ2) is 4.89. The number of hydrogen-bond acceptors (Lipinski definition) is 3. The second-order valence-corrected chi connectivity index (χ2v) is 5.30. The van der Waals surface area contributed by atoms with Crippen molar-refractivity contribution in [3.05, 3.63) is 44.6 Å². The zero-order chi connectivity index (χ0) is 12.4. The van der Waals surface area contributed by atoms with Crippen LogP contribution in [0.3, 0.4) is 0 Å². The van der Waals surface area contributed by atoms with E-state index in [2.05, 4.69) is 21.2 Å². The fourth-order valence-corrected chi connectivity index (χ4v) is 2.50. The average Bonchev–Trinajstić information content (AvgIpc) is 2.71. The molecule has 1 amide bonds. The monoisotopic (exact) mass is 310 g/mol. The topological polar surface area (TPSA) is 55.1 Å². The van der Waals surface area contributed by atoms with Crippen molar-refractivity contribution in [2.45, 2.75) is 6.92 Å². The molecule has 2 aromatic rings. The number of amides is 1. The lowest BCUT2D eigenvalue weighted by atomic mass is 10.2. The van der Waals surface area contributed by atoms with Crippen molar-refractivity contribution in [2.75, 3.05) is 11.1 Å². The molecule has 1 aromatic heterocycles. The quantitative estimate of drug-likeness (QED) is 0.889. The van der Waals surface area contributed by atoms with Gasteiger partial charge in [0, 0.05) is 4.47 Å². The smallest absolute Gasteiger partial charge is 0.267 e. The Kier molecular flexibility index (Phi) is 3.49. The number of thiophene rings is 1. The Balaban J connectivity index is 2.25. The van der Waals surface area contributed by atoms with Crippen LogP contribution in [-0.2, 0) is 0 Å². The van der Waals surface area contributed by atoms with Gasteiger partial charge in [-0.05, 0) is 45.9 Å². The summed E-state index contributed by atoms with van der Waals surface area (Å²) in [5, 5.41) is 4.64. The van der Waals surface area contributed by atoms with Gasteiger partial charge in [-0.3, -0.25) is 4.79 Å². The van der Waals surface area contributed by atoms with Crippen LogP contribution in [0.2, 0.25) is 0 Å². The molecule has 0 radical (unpaired) electrons. The summed E-state index contributed by atoms with van der Waals surface area (Å²) in [6.07, 6.45) is 0. The standard InChI is InChI=1S/C12H11BrN2OS/c1-7-3-2-4-9(10(7)13)15-12(16)11-8(14)5-6-17-11/h2-6H,14H2,1H3,(H,15,16). The van der Waals surface area contributed by atoms with Crippen molar-refractivity contribution >= 4 is 44.5 Å². The third kappa shape index (κ3) is 2.50. The molecule has 0 spiro atoms. The molecule has 3 nitrogen and oxygen atoms in total. The van der Waals surface area contributed by atoms with Crippen molar-refractivity contribution in [1.29, 1.82) is 0 Å². The summed E-state index contributed by atoms with van der Waals surface area (Å²) >= 11 is 4.78. The van der Waals surface area contributed by atoms with E-state index in [1.807, 2.05) is 25.1 Å². The number of nitrogen functional groups attached to an aromatic ring is 1. The lowest BCUT2D eigenvalue weighted by Crippen LogP contribution is -2.12. The van der Waals surface area contributed by atoms with Crippen LogP contribution in [0.1, 0.15) is 15.2 Å². The maximum atomic E-state index is 12.0. The summed E-state index contributed by atoms with van der Waals surface area (Å²) < 4.78 is 0.892. The third-order valence-corrected chi connectivity index (χ3v) is 4.32. The summed E-state index contributed by atoms with van der Waals surface area (Å²) in [5.41, 5.74) is 8.04. The van der Waals surface area contributed by atoms with Crippen LogP contribution in [0, 0.1) is 6.92 Å². The summed E-state index contributed by atoms with van der Waals surface area (Å²) in [6.45, 7) is 1.97. The minimum atomic E-state index is -0.177. The molecule has 5 heteroatoms. The molecule has 0 saturated heterocycles. The molecule has 0 aliphatic carbocycles. The zero-order valence-corrected chi connectivity index (χ0v) is 11.6. The number of anilines is 2. The Morgan fingerprint density at radius 1 is 1.41 bits per heavy atom. The maximum Gasteiger partial charge on any atom is 0.267 e. The van der Waals surface area contributed by atoms with Gasteiger partial charge in [-0.1, -0.05) is 12.1 Å². The van der Waals surface area contributed by atoms with E-state index in [1.165, 1.54) is 11.3 Å². The highest BCUT2D eigenvalue weighted by Crippen LogP contribution is 2.27. The number of benzene rings is 1. The van der Waals surface area contributed by atoms with Crippen molar-refractivity contribution in [2.24, 2.45) is 0 Å². The SMILES string of the molecule is Cc1cccc(NC(=O)c2sccc2N)c1Br. The van der Waals surface area contributed by atoms with Crippen LogP contribution in [0.15, 0.2) is 34.1 Å². The minimum absolute atomic E-state index is 0.177. The Labute approximate surface area is 112 Å². The van der Waals surface area contributed by atoms with Gasteiger partial charge in [0.05, 0.1) is 11.4 Å². The van der Waals surface area contributed by atoms with Crippen LogP contribution in [-0.4, -0.2) is 5.91 Å². The van der Waals surface area contributed by atoms with E-state index in [4.69, 9.17) is 5.73 Å². The Hall–Kier alpha value is -1.33. The second-order valence-electron chi connectivity index (χ2n) is 3.60. The van der Waals surface area contributed by atoms with E-state index in [0.29, 0.717) is 10.6 Å². The highest BCUT2D eigenvalue weighted by molar-refractivity contribution is 9.10. The van der Waals surface area contributed by atoms with Crippen LogP contribution in [0.4, 0.5) is 11.4 Å². The summed E-state index contributed by atoms with van der Waals surface area (Å²) in [4.78, 5) is 12.5. The number of carbonyl (C=O) groups is 1. The van der Waals surface area contributed by atoms with Gasteiger partial charge in [-0.15, -0.1) is 11.3 Å². The predicted molar refractivity (Wildman–Crippen MR) is 75.6 cm³/mol. The van der Waals surface area contributed by atoms with Gasteiger partial charge in [0.25, 0.3) is 5.91 Å². The molecule has 88 valence electrons. The first kappa shape index (κ1) is 12.1. The Morgan fingerprint density at radius 3 is 2.82 bits per heavy atom. The first-order chi connectivity index (χ1) is 8.09. The first-order valence-corrected chi connectivity index (χ1v) is 6.66. The minimum Gasteiger partial charge on any atom is -0.397 e. The maximum absolute atomic E-state index is 12.0. The van der Waals surface area contributed by atoms with Crippen molar-refractivity contribution in [3.8, 4) is 0 Å². The molecule has 0 aliphatic heterocycles. The molecule has 3 N–H and O–H groups in total. The number of halogens is 1. The van der Waals surface area contributed by atoms with Gasteiger partial charge in [0.1, 0.15) is 4.88 Å². The molecule has 2 rings (SSSR count). The molecule has 1 heterocycles. The van der Waals surface area contributed by atoms with Crippen molar-refractivity contribution < 1.29 is 4.79 Å². The zero-order valence-electron chi connectivity index (χ0n) is 9.16. The fourth-order valence-electron chi connectivity index (χ4n) is 1.43. The van der Waals surface area contributed by atoms with Gasteiger partial charge in [-0.25, -0.2) is 0 Å². The number of hydrogen-bond donors (Lipinski definition) is 2. The summed E-state index contributed by atoms with van der Waals surface area (Å²) in [7, 11) is 0. The van der Waals surface area contributed by atoms with E-state index in [-0.39, 0.29) is 5.91 Å². The van der Waals surface area contributed by atoms with Crippen LogP contribution < -0.4 is 11.1 Å². The fraction of sp³-hybridized carbons (Fsp3) is 0.0833. The highest BCUT2D eigenvalue weighted by atomic mass is 79.9. The lowest BCUT2D eigenvalue weighted by molar-refractivity contribution is 0.103. The van der Waals surface area contributed by atoms with Gasteiger partial charge in [0.15, 0.2) is 0 Å². The van der Waals surface area contributed by atoms with Gasteiger partial charge >= 0.3 is 0 Å². The number of rotatable bonds is 2. The van der Waals surface area contributed by atoms with Gasteiger partial charge in [-0.2, -0.15) is 0 Å². The van der Waals surface area contributed by atoms with Crippen molar-refractivity contribution in [3.63, 3.8) is 0 Å². The molecule has 0 saturated carbocycles. The Bertz CT molecular complexity index is 565. The largest absolute Gasteiger partial charge is 0.397 e. The molecule has 0 unspecified atom stereocenters. The number of nitrogens with two attached hydrogens (primary N) is 1. The van der Waals surface area contributed by atoms with E-state index >= 15 is 0 Å². The van der Waals surface area contributed by atoms with Gasteiger partial charge < -0.3 is 11.1 Å². The van der Waals surface area contributed by atoms with Gasteiger partial charge in [0.2, 0.25) is 0 Å². The van der Waals surface area contributed by atoms with E-state index in [0.717, 1.165) is 15.7 Å². The molecule has 0 atom stereocenters. The van der Waals surface area contributed by atoms with Crippen LogP contribution >= 0.6 is 27.3 Å². The number of nitrogens with one attached hydrogen (secondary N) is 1. The number of aryl methyl sites for hydroxylation is 1. The van der Waals surface area contributed by atoms with E-state index in [9.17, 15) is 4.79 Å². The Morgan fingerprint density at radius 2 is 2.18 bits per heavy atom. The lowest BCUT2D eigenvalue weighted by Gasteiger charge is -2.08. The van der Waals surface area contributed by atoms with E-state index in [1.54, 1.807) is 11.4 Å². The molecule has 0 bridgehead atoms. The first-order valence-electron chi connectivity index (χ1n) is 4.99.